The second-order valence-electron chi connectivity index (χ2n) is 9.63. The van der Waals surface area contributed by atoms with E-state index in [0.717, 1.165) is 48.0 Å². The number of furan rings is 1. The molecule has 2 amide bonds. The molecule has 6 heteroatoms. The molecule has 0 spiro atoms. The highest BCUT2D eigenvalue weighted by atomic mass is 16.3. The molecule has 1 saturated carbocycles. The van der Waals surface area contributed by atoms with Crippen LogP contribution in [0.25, 0.3) is 11.1 Å². The Morgan fingerprint density at radius 1 is 1.06 bits per heavy atom. The Morgan fingerprint density at radius 2 is 1.81 bits per heavy atom. The highest BCUT2D eigenvalue weighted by Gasteiger charge is 2.49. The largest absolute Gasteiger partial charge is 0.463 e. The van der Waals surface area contributed by atoms with Crippen molar-refractivity contribution in [2.45, 2.75) is 77.4 Å². The molecule has 32 heavy (non-hydrogen) atoms. The Kier molecular flexibility index (Phi) is 5.11. The van der Waals surface area contributed by atoms with Crippen LogP contribution in [0.3, 0.4) is 0 Å². The van der Waals surface area contributed by atoms with E-state index in [1.165, 1.54) is 12.8 Å². The lowest BCUT2D eigenvalue weighted by atomic mass is 9.92. The zero-order chi connectivity index (χ0) is 22.5. The van der Waals surface area contributed by atoms with Crippen LogP contribution in [0.15, 0.2) is 41.0 Å². The molecule has 1 fully saturated rings. The maximum atomic E-state index is 13.8. The molecule has 5 rings (SSSR count). The second-order valence-corrected chi connectivity index (χ2v) is 9.63. The molecule has 1 N–H and O–H groups in total. The predicted octanol–water partition coefficient (Wildman–Crippen LogP) is 5.11. The summed E-state index contributed by atoms with van der Waals surface area (Å²) in [7, 11) is 0. The number of carbonyl (C=O) groups excluding carboxylic acids is 2. The van der Waals surface area contributed by atoms with Gasteiger partial charge in [-0.2, -0.15) is 0 Å². The topological polar surface area (TPSA) is 67.5 Å². The van der Waals surface area contributed by atoms with E-state index in [1.807, 2.05) is 42.7 Å². The van der Waals surface area contributed by atoms with E-state index >= 15 is 0 Å². The van der Waals surface area contributed by atoms with Gasteiger partial charge in [-0.1, -0.05) is 31.7 Å². The Balaban J connectivity index is 1.59. The predicted molar refractivity (Wildman–Crippen MR) is 125 cm³/mol. The Labute approximate surface area is 188 Å². The molecule has 1 aliphatic heterocycles. The number of carbonyl (C=O) groups is 2. The molecule has 3 heterocycles. The quantitative estimate of drug-likeness (QED) is 0.584. The fourth-order valence-electron chi connectivity index (χ4n) is 5.25. The van der Waals surface area contributed by atoms with Crippen LogP contribution in [0, 0.1) is 13.8 Å². The van der Waals surface area contributed by atoms with Gasteiger partial charge in [-0.15, -0.1) is 0 Å². The van der Waals surface area contributed by atoms with Crippen molar-refractivity contribution >= 4 is 28.6 Å². The molecular formula is C26H31N3O3. The standard InChI is InChI=1S/C26H31N3O3/c1-17-10-11-20(14-18(17)2)29-24(30)22-15-23-21(12-13-32-23)28(22)16-26(29,3)25(31)27-19-8-6-4-5-7-9-19/h10-15,19H,4-9,16H2,1-3H3,(H,27,31)/t26-/m1/s1. The molecule has 168 valence electrons. The number of fused-ring (bicyclic) bond motifs is 3. The summed E-state index contributed by atoms with van der Waals surface area (Å²) >= 11 is 0. The SMILES string of the molecule is Cc1ccc(N2C(=O)c3cc4occc4n3C[C@]2(C)C(=O)NC2CCCCCC2)cc1C. The lowest BCUT2D eigenvalue weighted by Crippen LogP contribution is -2.65. The van der Waals surface area contributed by atoms with Crippen molar-refractivity contribution in [2.24, 2.45) is 0 Å². The van der Waals surface area contributed by atoms with E-state index in [9.17, 15) is 9.59 Å². The Hall–Kier alpha value is -3.02. The molecule has 1 aliphatic carbocycles. The second kappa shape index (κ2) is 7.84. The Morgan fingerprint density at radius 3 is 2.53 bits per heavy atom. The lowest BCUT2D eigenvalue weighted by Gasteiger charge is -2.44. The third-order valence-corrected chi connectivity index (χ3v) is 7.33. The van der Waals surface area contributed by atoms with Gasteiger partial charge in [0.25, 0.3) is 5.91 Å². The van der Waals surface area contributed by atoms with Crippen molar-refractivity contribution in [2.75, 3.05) is 4.90 Å². The number of aromatic nitrogens is 1. The first kappa shape index (κ1) is 20.9. The molecule has 1 aromatic carbocycles. The van der Waals surface area contributed by atoms with Gasteiger partial charge < -0.3 is 14.3 Å². The van der Waals surface area contributed by atoms with Crippen molar-refractivity contribution in [1.82, 2.24) is 9.88 Å². The smallest absolute Gasteiger partial charge is 0.276 e. The van der Waals surface area contributed by atoms with E-state index in [0.29, 0.717) is 17.8 Å². The van der Waals surface area contributed by atoms with Crippen molar-refractivity contribution in [1.29, 1.82) is 0 Å². The van der Waals surface area contributed by atoms with E-state index in [2.05, 4.69) is 12.2 Å². The molecule has 0 bridgehead atoms. The number of rotatable bonds is 3. The van der Waals surface area contributed by atoms with Gasteiger partial charge in [0.1, 0.15) is 11.2 Å². The summed E-state index contributed by atoms with van der Waals surface area (Å²) in [6.45, 7) is 6.35. The van der Waals surface area contributed by atoms with Crippen molar-refractivity contribution in [3.8, 4) is 0 Å². The lowest BCUT2D eigenvalue weighted by molar-refractivity contribution is -0.127. The monoisotopic (exact) mass is 433 g/mol. The minimum atomic E-state index is -1.05. The molecule has 3 aromatic rings. The first-order chi connectivity index (χ1) is 15.4. The zero-order valence-electron chi connectivity index (χ0n) is 19.1. The van der Waals surface area contributed by atoms with E-state index in [1.54, 1.807) is 17.2 Å². The van der Waals surface area contributed by atoms with Gasteiger partial charge in [0.05, 0.1) is 18.3 Å². The van der Waals surface area contributed by atoms with Crippen LogP contribution in [0.1, 0.15) is 67.1 Å². The van der Waals surface area contributed by atoms with Gasteiger partial charge in [0, 0.05) is 23.9 Å². The van der Waals surface area contributed by atoms with Crippen molar-refractivity contribution in [3.63, 3.8) is 0 Å². The van der Waals surface area contributed by atoms with Crippen LogP contribution in [0.5, 0.6) is 0 Å². The van der Waals surface area contributed by atoms with E-state index in [4.69, 9.17) is 4.42 Å². The summed E-state index contributed by atoms with van der Waals surface area (Å²) in [5.41, 5.74) is 4.02. The van der Waals surface area contributed by atoms with Gasteiger partial charge in [-0.25, -0.2) is 0 Å². The molecule has 2 aromatic heterocycles. The number of nitrogens with zero attached hydrogens (tertiary/aromatic N) is 2. The van der Waals surface area contributed by atoms with Crippen LogP contribution in [-0.4, -0.2) is 28.0 Å². The highest BCUT2D eigenvalue weighted by molar-refractivity contribution is 6.13. The summed E-state index contributed by atoms with van der Waals surface area (Å²) in [5, 5.41) is 3.31. The highest BCUT2D eigenvalue weighted by Crippen LogP contribution is 2.37. The third kappa shape index (κ3) is 3.33. The van der Waals surface area contributed by atoms with Crippen molar-refractivity contribution in [3.05, 3.63) is 53.4 Å². The minimum Gasteiger partial charge on any atom is -0.463 e. The van der Waals surface area contributed by atoms with Gasteiger partial charge in [-0.05, 0) is 56.9 Å². The summed E-state index contributed by atoms with van der Waals surface area (Å²) in [6.07, 6.45) is 8.35. The molecule has 1 atom stereocenters. The van der Waals surface area contributed by atoms with Crippen LogP contribution >= 0.6 is 0 Å². The van der Waals surface area contributed by atoms with E-state index < -0.39 is 5.54 Å². The van der Waals surface area contributed by atoms with Gasteiger partial charge in [-0.3, -0.25) is 14.5 Å². The number of hydrogen-bond donors (Lipinski definition) is 1. The van der Waals surface area contributed by atoms with Crippen LogP contribution in [0.4, 0.5) is 5.69 Å². The summed E-state index contributed by atoms with van der Waals surface area (Å²) in [5.74, 6) is -0.267. The third-order valence-electron chi connectivity index (χ3n) is 7.33. The molecule has 2 aliphatic rings. The summed E-state index contributed by atoms with van der Waals surface area (Å²) in [6, 6.07) is 9.78. The number of nitrogens with one attached hydrogen (secondary N) is 1. The molecular weight excluding hydrogens is 402 g/mol. The average molecular weight is 434 g/mol. The van der Waals surface area contributed by atoms with Crippen LogP contribution < -0.4 is 10.2 Å². The molecule has 0 saturated heterocycles. The Bertz CT molecular complexity index is 1180. The fraction of sp³-hybridized carbons (Fsp3) is 0.462. The first-order valence-corrected chi connectivity index (χ1v) is 11.7. The number of amides is 2. The maximum Gasteiger partial charge on any atom is 0.276 e. The van der Waals surface area contributed by atoms with Crippen LogP contribution in [-0.2, 0) is 11.3 Å². The minimum absolute atomic E-state index is 0.0908. The number of benzene rings is 1. The fourth-order valence-corrected chi connectivity index (χ4v) is 5.25. The zero-order valence-corrected chi connectivity index (χ0v) is 19.1. The average Bonchev–Trinajstić information content (AvgIpc) is 3.25. The van der Waals surface area contributed by atoms with Crippen LogP contribution in [0.2, 0.25) is 0 Å². The normalized spacial score (nSPS) is 22.1. The molecule has 0 unspecified atom stereocenters. The molecule has 6 nitrogen and oxygen atoms in total. The van der Waals surface area contributed by atoms with Gasteiger partial charge in [0.15, 0.2) is 5.58 Å². The first-order valence-electron chi connectivity index (χ1n) is 11.7. The van der Waals surface area contributed by atoms with Gasteiger partial charge >= 0.3 is 0 Å². The van der Waals surface area contributed by atoms with Crippen molar-refractivity contribution < 1.29 is 14.0 Å². The molecule has 0 radical (unpaired) electrons. The van der Waals surface area contributed by atoms with Gasteiger partial charge in [0.2, 0.25) is 5.91 Å². The van der Waals surface area contributed by atoms with E-state index in [-0.39, 0.29) is 17.9 Å². The summed E-state index contributed by atoms with van der Waals surface area (Å²) in [4.78, 5) is 29.4. The number of hydrogen-bond acceptors (Lipinski definition) is 3. The number of aryl methyl sites for hydroxylation is 2. The number of anilines is 1. The summed E-state index contributed by atoms with van der Waals surface area (Å²) < 4.78 is 7.50. The maximum absolute atomic E-state index is 13.8.